The Bertz CT molecular complexity index is 1180. The van der Waals surface area contributed by atoms with Crippen molar-refractivity contribution in [3.05, 3.63) is 59.7 Å². The van der Waals surface area contributed by atoms with Gasteiger partial charge in [0.1, 0.15) is 0 Å². The number of hydrogen-bond donors (Lipinski definition) is 3. The molecule has 0 aliphatic heterocycles. The van der Waals surface area contributed by atoms with Crippen LogP contribution in [0.15, 0.2) is 52.9 Å². The van der Waals surface area contributed by atoms with Crippen molar-refractivity contribution < 1.29 is 27.6 Å². The summed E-state index contributed by atoms with van der Waals surface area (Å²) in [7, 11) is 0. The molecule has 0 atom stereocenters. The number of benzene rings is 2. The van der Waals surface area contributed by atoms with Crippen LogP contribution in [0.3, 0.4) is 0 Å². The van der Waals surface area contributed by atoms with Crippen LogP contribution in [0.25, 0.3) is 0 Å². The first kappa shape index (κ1) is 24.2. The maximum absolute atomic E-state index is 12.8. The van der Waals surface area contributed by atoms with Crippen LogP contribution in [0.4, 0.5) is 29.7 Å². The first-order valence-corrected chi connectivity index (χ1v) is 11.0. The number of hydrogen-bond acceptors (Lipinski definition) is 7. The van der Waals surface area contributed by atoms with Crippen molar-refractivity contribution in [3.8, 4) is 0 Å². The molecule has 0 bridgehead atoms. The molecule has 3 rings (SSSR count). The normalized spacial score (nSPS) is 11.0. The van der Waals surface area contributed by atoms with Crippen LogP contribution in [0, 0.1) is 0 Å². The third kappa shape index (κ3) is 7.29. The summed E-state index contributed by atoms with van der Waals surface area (Å²) in [5, 5.41) is 15.4. The van der Waals surface area contributed by atoms with Crippen molar-refractivity contribution in [1.82, 2.24) is 10.2 Å². The lowest BCUT2D eigenvalue weighted by Gasteiger charge is -2.08. The number of nitrogens with zero attached hydrogens (tertiary/aromatic N) is 2. The topological polar surface area (TPSA) is 113 Å². The molecule has 0 fully saturated rings. The number of halogens is 3. The number of nitrogens with one attached hydrogen (secondary N) is 3. The summed E-state index contributed by atoms with van der Waals surface area (Å²) in [5.74, 6) is -1.32. The molecule has 33 heavy (non-hydrogen) atoms. The molecule has 3 amide bonds. The second-order valence-corrected chi connectivity index (χ2v) is 8.70. The minimum absolute atomic E-state index is 0.000568. The molecule has 8 nitrogen and oxygen atoms in total. The minimum atomic E-state index is -4.56. The maximum Gasteiger partial charge on any atom is 0.416 e. The van der Waals surface area contributed by atoms with Gasteiger partial charge in [0, 0.05) is 23.9 Å². The molecular weight excluding hydrogens is 479 g/mol. The van der Waals surface area contributed by atoms with Gasteiger partial charge in [0.25, 0.3) is 5.91 Å². The maximum atomic E-state index is 12.8. The fourth-order valence-electron chi connectivity index (χ4n) is 2.53. The van der Waals surface area contributed by atoms with Gasteiger partial charge in [-0.1, -0.05) is 35.2 Å². The van der Waals surface area contributed by atoms with Gasteiger partial charge in [0.2, 0.25) is 16.9 Å². The standard InChI is InChI=1S/C20H16F3N5O3S2/c1-11(29)24-14-6-3-7-15(9-14)25-16(30)10-32-19-28-27-18(33-19)26-17(31)12-4-2-5-13(8-12)20(21,22)23/h2-9H,10H2,1H3,(H,24,29)(H,25,30)(H,26,27,31). The zero-order chi connectivity index (χ0) is 24.0. The molecule has 0 aliphatic carbocycles. The number of aromatic nitrogens is 2. The van der Waals surface area contributed by atoms with E-state index in [1.807, 2.05) is 0 Å². The first-order valence-electron chi connectivity index (χ1n) is 9.22. The number of thioether (sulfide) groups is 1. The van der Waals surface area contributed by atoms with Gasteiger partial charge in [0.05, 0.1) is 11.3 Å². The Morgan fingerprint density at radius 2 is 1.67 bits per heavy atom. The lowest BCUT2D eigenvalue weighted by atomic mass is 10.1. The lowest BCUT2D eigenvalue weighted by molar-refractivity contribution is -0.137. The van der Waals surface area contributed by atoms with E-state index >= 15 is 0 Å². The Hall–Kier alpha value is -3.45. The third-order valence-electron chi connectivity index (χ3n) is 3.87. The van der Waals surface area contributed by atoms with E-state index in [4.69, 9.17) is 0 Å². The van der Waals surface area contributed by atoms with Crippen molar-refractivity contribution in [1.29, 1.82) is 0 Å². The molecular formula is C20H16F3N5O3S2. The number of amides is 3. The average Bonchev–Trinajstić information content (AvgIpc) is 3.19. The summed E-state index contributed by atoms with van der Waals surface area (Å²) in [6.45, 7) is 1.38. The molecule has 1 heterocycles. The van der Waals surface area contributed by atoms with E-state index in [0.29, 0.717) is 15.7 Å². The van der Waals surface area contributed by atoms with Gasteiger partial charge in [-0.15, -0.1) is 10.2 Å². The number of carbonyl (C=O) groups is 3. The van der Waals surface area contributed by atoms with E-state index in [9.17, 15) is 27.6 Å². The van der Waals surface area contributed by atoms with Crippen LogP contribution >= 0.6 is 23.1 Å². The Labute approximate surface area is 194 Å². The Morgan fingerprint density at radius 3 is 2.36 bits per heavy atom. The summed E-state index contributed by atoms with van der Waals surface area (Å²) in [6.07, 6.45) is -4.56. The van der Waals surface area contributed by atoms with Gasteiger partial charge in [-0.25, -0.2) is 0 Å². The van der Waals surface area contributed by atoms with E-state index < -0.39 is 17.6 Å². The van der Waals surface area contributed by atoms with E-state index in [-0.39, 0.29) is 28.3 Å². The predicted octanol–water partition coefficient (Wildman–Crippen LogP) is 4.50. The summed E-state index contributed by atoms with van der Waals surface area (Å²) >= 11 is 2.06. The molecule has 0 aliphatic rings. The molecule has 3 aromatic rings. The molecule has 13 heteroatoms. The van der Waals surface area contributed by atoms with Crippen LogP contribution in [-0.4, -0.2) is 33.7 Å². The summed E-state index contributed by atoms with van der Waals surface area (Å²) < 4.78 is 38.8. The number of rotatable bonds is 7. The zero-order valence-electron chi connectivity index (χ0n) is 16.9. The molecule has 3 N–H and O–H groups in total. The Kier molecular flexibility index (Phi) is 7.66. The molecule has 0 unspecified atom stereocenters. The quantitative estimate of drug-likeness (QED) is 0.329. The Balaban J connectivity index is 1.53. The first-order chi connectivity index (χ1) is 15.6. The minimum Gasteiger partial charge on any atom is -0.326 e. The fourth-order valence-corrected chi connectivity index (χ4v) is 4.07. The molecule has 172 valence electrons. The van der Waals surface area contributed by atoms with Gasteiger partial charge < -0.3 is 10.6 Å². The third-order valence-corrected chi connectivity index (χ3v) is 5.84. The van der Waals surface area contributed by atoms with Crippen molar-refractivity contribution in [2.24, 2.45) is 0 Å². The average molecular weight is 496 g/mol. The molecule has 2 aromatic carbocycles. The molecule has 1 aromatic heterocycles. The van der Waals surface area contributed by atoms with E-state index in [1.54, 1.807) is 24.3 Å². The smallest absolute Gasteiger partial charge is 0.326 e. The molecule has 0 radical (unpaired) electrons. The van der Waals surface area contributed by atoms with Gasteiger partial charge in [0.15, 0.2) is 4.34 Å². The van der Waals surface area contributed by atoms with Gasteiger partial charge in [-0.05, 0) is 36.4 Å². The molecule has 0 spiro atoms. The highest BCUT2D eigenvalue weighted by Crippen LogP contribution is 2.30. The largest absolute Gasteiger partial charge is 0.416 e. The predicted molar refractivity (Wildman–Crippen MR) is 119 cm³/mol. The molecule has 0 saturated heterocycles. The van der Waals surface area contributed by atoms with Crippen molar-refractivity contribution >= 4 is 57.3 Å². The van der Waals surface area contributed by atoms with Gasteiger partial charge >= 0.3 is 6.18 Å². The highest BCUT2D eigenvalue weighted by atomic mass is 32.2. The van der Waals surface area contributed by atoms with Gasteiger partial charge in [-0.2, -0.15) is 13.2 Å². The lowest BCUT2D eigenvalue weighted by Crippen LogP contribution is -2.14. The summed E-state index contributed by atoms with van der Waals surface area (Å²) in [5.41, 5.74) is -0.0660. The van der Waals surface area contributed by atoms with Crippen molar-refractivity contribution in [2.75, 3.05) is 21.7 Å². The SMILES string of the molecule is CC(=O)Nc1cccc(NC(=O)CSc2nnc(NC(=O)c3cccc(C(F)(F)F)c3)s2)c1. The fraction of sp³-hybridized carbons (Fsp3) is 0.150. The second kappa shape index (κ2) is 10.4. The monoisotopic (exact) mass is 495 g/mol. The zero-order valence-corrected chi connectivity index (χ0v) is 18.5. The number of carbonyl (C=O) groups excluding carboxylic acids is 3. The van der Waals surface area contributed by atoms with Gasteiger partial charge in [-0.3, -0.25) is 19.7 Å². The van der Waals surface area contributed by atoms with Crippen LogP contribution < -0.4 is 16.0 Å². The highest BCUT2D eigenvalue weighted by molar-refractivity contribution is 8.01. The van der Waals surface area contributed by atoms with Crippen LogP contribution in [0.1, 0.15) is 22.8 Å². The van der Waals surface area contributed by atoms with Crippen LogP contribution in [-0.2, 0) is 15.8 Å². The van der Waals surface area contributed by atoms with Crippen LogP contribution in [0.5, 0.6) is 0 Å². The van der Waals surface area contributed by atoms with Crippen molar-refractivity contribution in [3.63, 3.8) is 0 Å². The summed E-state index contributed by atoms with van der Waals surface area (Å²) in [6, 6.07) is 10.7. The van der Waals surface area contributed by atoms with E-state index in [1.165, 1.54) is 13.0 Å². The van der Waals surface area contributed by atoms with E-state index in [2.05, 4.69) is 26.1 Å². The number of anilines is 3. The highest BCUT2D eigenvalue weighted by Gasteiger charge is 2.31. The number of alkyl halides is 3. The Morgan fingerprint density at radius 1 is 0.970 bits per heavy atom. The van der Waals surface area contributed by atoms with E-state index in [0.717, 1.165) is 41.3 Å². The molecule has 0 saturated carbocycles. The second-order valence-electron chi connectivity index (χ2n) is 6.50. The summed E-state index contributed by atoms with van der Waals surface area (Å²) in [4.78, 5) is 35.5. The van der Waals surface area contributed by atoms with Crippen molar-refractivity contribution in [2.45, 2.75) is 17.4 Å². The van der Waals surface area contributed by atoms with Crippen LogP contribution in [0.2, 0.25) is 0 Å².